The van der Waals surface area contributed by atoms with E-state index >= 15 is 0 Å². The molecule has 4 aliphatic rings. The molecule has 0 bridgehead atoms. The molecule has 0 saturated heterocycles. The molecule has 5 nitrogen and oxygen atoms in total. The van der Waals surface area contributed by atoms with Gasteiger partial charge in [0.2, 0.25) is 0 Å². The molecule has 30 heavy (non-hydrogen) atoms. The molecule has 0 heterocycles. The van der Waals surface area contributed by atoms with Crippen molar-refractivity contribution >= 4 is 17.5 Å². The second-order valence-electron chi connectivity index (χ2n) is 10.2. The van der Waals surface area contributed by atoms with Gasteiger partial charge in [-0.3, -0.25) is 14.4 Å². The summed E-state index contributed by atoms with van der Waals surface area (Å²) in [5.41, 5.74) is 2.88. The van der Waals surface area contributed by atoms with Gasteiger partial charge in [0.1, 0.15) is 6.61 Å². The Morgan fingerprint density at radius 3 is 2.77 bits per heavy atom. The quantitative estimate of drug-likeness (QED) is 0.490. The highest BCUT2D eigenvalue weighted by Gasteiger charge is 2.57. The summed E-state index contributed by atoms with van der Waals surface area (Å²) in [6, 6.07) is 0. The van der Waals surface area contributed by atoms with Crippen LogP contribution in [0.2, 0.25) is 0 Å². The number of ether oxygens (including phenoxy) is 1. The molecule has 0 amide bonds. The third kappa shape index (κ3) is 3.59. The Balaban J connectivity index is 1.46. The summed E-state index contributed by atoms with van der Waals surface area (Å²) in [7, 11) is 0. The number of carbonyl (C=O) groups is 3. The van der Waals surface area contributed by atoms with E-state index in [1.165, 1.54) is 11.1 Å². The van der Waals surface area contributed by atoms with Crippen LogP contribution in [0, 0.1) is 28.6 Å². The zero-order valence-corrected chi connectivity index (χ0v) is 18.2. The van der Waals surface area contributed by atoms with Crippen LogP contribution in [0.25, 0.3) is 0 Å². The van der Waals surface area contributed by atoms with Crippen LogP contribution < -0.4 is 0 Å². The molecule has 0 radical (unpaired) electrons. The van der Waals surface area contributed by atoms with Gasteiger partial charge in [0.15, 0.2) is 11.6 Å². The van der Waals surface area contributed by atoms with Gasteiger partial charge < -0.3 is 9.84 Å². The Bertz CT molecular complexity index is 808. The fraction of sp³-hybridized carbons (Fsp3) is 0.720. The van der Waals surface area contributed by atoms with Crippen molar-refractivity contribution in [2.75, 3.05) is 13.2 Å². The molecule has 2 fully saturated rings. The zero-order valence-electron chi connectivity index (χ0n) is 18.2. The molecule has 5 unspecified atom stereocenters. The number of hydrogen-bond acceptors (Lipinski definition) is 4. The van der Waals surface area contributed by atoms with Crippen LogP contribution >= 0.6 is 0 Å². The van der Waals surface area contributed by atoms with Crippen molar-refractivity contribution in [3.63, 3.8) is 0 Å². The molecular weight excluding hydrogens is 380 g/mol. The third-order valence-corrected chi connectivity index (χ3v) is 8.65. The fourth-order valence-corrected chi connectivity index (χ4v) is 6.98. The van der Waals surface area contributed by atoms with Gasteiger partial charge in [0.25, 0.3) is 0 Å². The molecule has 5 atom stereocenters. The van der Waals surface area contributed by atoms with E-state index in [9.17, 15) is 14.4 Å². The van der Waals surface area contributed by atoms with Gasteiger partial charge in [-0.1, -0.05) is 31.1 Å². The highest BCUT2D eigenvalue weighted by atomic mass is 16.5. The van der Waals surface area contributed by atoms with Gasteiger partial charge in [-0.2, -0.15) is 0 Å². The van der Waals surface area contributed by atoms with E-state index in [1.807, 2.05) is 6.08 Å². The van der Waals surface area contributed by atoms with Crippen LogP contribution in [-0.2, 0) is 19.1 Å². The fourth-order valence-electron chi connectivity index (χ4n) is 6.98. The second kappa shape index (κ2) is 8.07. The first kappa shape index (κ1) is 21.5. The van der Waals surface area contributed by atoms with Crippen molar-refractivity contribution < 1.29 is 24.2 Å². The number of carboxylic acid groups (broad SMARTS) is 1. The molecule has 0 aromatic rings. The van der Waals surface area contributed by atoms with Crippen LogP contribution in [0.1, 0.15) is 71.6 Å². The monoisotopic (exact) mass is 414 g/mol. The second-order valence-corrected chi connectivity index (χ2v) is 10.2. The molecule has 1 N–H and O–H groups in total. The van der Waals surface area contributed by atoms with Crippen molar-refractivity contribution in [1.82, 2.24) is 0 Å². The van der Waals surface area contributed by atoms with Gasteiger partial charge in [0.05, 0.1) is 0 Å². The maximum absolute atomic E-state index is 13.0. The van der Waals surface area contributed by atoms with Crippen molar-refractivity contribution in [3.05, 3.63) is 23.3 Å². The Morgan fingerprint density at radius 1 is 1.20 bits per heavy atom. The van der Waals surface area contributed by atoms with Crippen LogP contribution in [0.4, 0.5) is 0 Å². The maximum atomic E-state index is 13.0. The van der Waals surface area contributed by atoms with Crippen LogP contribution in [0.15, 0.2) is 23.3 Å². The first-order chi connectivity index (χ1) is 14.3. The lowest BCUT2D eigenvalue weighted by Crippen LogP contribution is -2.45. The molecule has 0 aliphatic heterocycles. The smallest absolute Gasteiger partial charge is 0.303 e. The molecule has 4 aliphatic carbocycles. The molecule has 164 valence electrons. The molecule has 0 aromatic carbocycles. The van der Waals surface area contributed by atoms with E-state index in [-0.39, 0.29) is 41.3 Å². The van der Waals surface area contributed by atoms with E-state index in [4.69, 9.17) is 9.84 Å². The van der Waals surface area contributed by atoms with Crippen LogP contribution in [0.5, 0.6) is 0 Å². The van der Waals surface area contributed by atoms with E-state index in [1.54, 1.807) is 0 Å². The van der Waals surface area contributed by atoms with Gasteiger partial charge in [-0.25, -0.2) is 0 Å². The minimum atomic E-state index is -0.831. The van der Waals surface area contributed by atoms with Crippen molar-refractivity contribution in [3.8, 4) is 0 Å². The van der Waals surface area contributed by atoms with Crippen molar-refractivity contribution in [2.24, 2.45) is 28.6 Å². The van der Waals surface area contributed by atoms with E-state index in [0.717, 1.165) is 38.5 Å². The number of fused-ring (bicyclic) bond motifs is 5. The topological polar surface area (TPSA) is 80.7 Å². The average Bonchev–Trinajstić information content (AvgIpc) is 3.05. The summed E-state index contributed by atoms with van der Waals surface area (Å²) >= 11 is 0. The normalized spacial score (nSPS) is 37.5. The molecule has 0 aromatic heterocycles. The first-order valence-electron chi connectivity index (χ1n) is 11.5. The number of carboxylic acids is 1. The first-order valence-corrected chi connectivity index (χ1v) is 11.5. The van der Waals surface area contributed by atoms with Gasteiger partial charge in [-0.15, -0.1) is 0 Å². The van der Waals surface area contributed by atoms with Crippen LogP contribution in [-0.4, -0.2) is 35.9 Å². The average molecular weight is 415 g/mol. The summed E-state index contributed by atoms with van der Waals surface area (Å²) in [5, 5.41) is 8.71. The summed E-state index contributed by atoms with van der Waals surface area (Å²) in [4.78, 5) is 35.5. The van der Waals surface area contributed by atoms with Gasteiger partial charge in [-0.05, 0) is 68.3 Å². The Hall–Kier alpha value is -1.75. The SMILES string of the molecule is CC12CCC(=O)C=C1CCC1C2=CCC2(C)C(C(=O)COCCCC(=O)O)CCC12. The van der Waals surface area contributed by atoms with Crippen molar-refractivity contribution in [1.29, 1.82) is 0 Å². The Morgan fingerprint density at radius 2 is 2.00 bits per heavy atom. The highest BCUT2D eigenvalue weighted by Crippen LogP contribution is 2.64. The number of Topliss-reactive ketones (excluding diaryl/α,β-unsaturated/α-hetero) is 1. The molecule has 4 rings (SSSR count). The lowest BCUT2D eigenvalue weighted by molar-refractivity contribution is -0.137. The highest BCUT2D eigenvalue weighted by molar-refractivity contribution is 5.92. The maximum Gasteiger partial charge on any atom is 0.303 e. The standard InChI is InChI=1S/C25H34O5/c1-24-11-9-17(26)14-16(24)5-6-18-19-7-8-21(25(19,2)12-10-20(18)24)22(27)15-30-13-3-4-23(28)29/h10,14,18-19,21H,3-9,11-13,15H2,1-2H3,(H,28,29). The minimum absolute atomic E-state index is 0.0161. The number of carbonyl (C=O) groups excluding carboxylic acids is 2. The predicted octanol–water partition coefficient (Wildman–Crippen LogP) is 4.51. The lowest BCUT2D eigenvalue weighted by Gasteiger charge is -2.53. The summed E-state index contributed by atoms with van der Waals surface area (Å²) in [6.07, 6.45) is 11.5. The number of allylic oxidation sites excluding steroid dienone is 4. The third-order valence-electron chi connectivity index (χ3n) is 8.65. The van der Waals surface area contributed by atoms with Gasteiger partial charge in [0, 0.05) is 30.8 Å². The molecule has 2 saturated carbocycles. The van der Waals surface area contributed by atoms with E-state index in [2.05, 4.69) is 19.9 Å². The summed E-state index contributed by atoms with van der Waals surface area (Å²) in [5.74, 6) is 0.692. The minimum Gasteiger partial charge on any atom is -0.481 e. The number of rotatable bonds is 7. The largest absolute Gasteiger partial charge is 0.481 e. The van der Waals surface area contributed by atoms with E-state index in [0.29, 0.717) is 31.3 Å². The molecular formula is C25H34O5. The van der Waals surface area contributed by atoms with Crippen molar-refractivity contribution in [2.45, 2.75) is 71.6 Å². The Kier molecular flexibility index (Phi) is 5.78. The number of ketones is 2. The summed E-state index contributed by atoms with van der Waals surface area (Å²) < 4.78 is 5.52. The van der Waals surface area contributed by atoms with Crippen LogP contribution in [0.3, 0.4) is 0 Å². The van der Waals surface area contributed by atoms with E-state index < -0.39 is 5.97 Å². The zero-order chi connectivity index (χ0) is 21.5. The molecule has 5 heteroatoms. The number of aliphatic carboxylic acids is 1. The lowest BCUT2D eigenvalue weighted by atomic mass is 9.51. The predicted molar refractivity (Wildman–Crippen MR) is 113 cm³/mol. The molecule has 0 spiro atoms. The Labute approximate surface area is 178 Å². The number of hydrogen-bond donors (Lipinski definition) is 1. The summed E-state index contributed by atoms with van der Waals surface area (Å²) in [6.45, 7) is 5.04. The van der Waals surface area contributed by atoms with Gasteiger partial charge >= 0.3 is 5.97 Å².